The van der Waals surface area contributed by atoms with Gasteiger partial charge in [0.15, 0.2) is 0 Å². The van der Waals surface area contributed by atoms with Gasteiger partial charge in [-0.15, -0.1) is 0 Å². The first kappa shape index (κ1) is 13.2. The number of carbonyl (C=O) groups is 1. The Balaban J connectivity index is 2.54. The molecule has 98 valence electrons. The van der Waals surface area contributed by atoms with Crippen LogP contribution in [0.3, 0.4) is 0 Å². The zero-order chi connectivity index (χ0) is 13.5. The molecule has 1 saturated carbocycles. The van der Waals surface area contributed by atoms with Crippen molar-refractivity contribution in [1.82, 2.24) is 0 Å². The number of rotatable bonds is 4. The lowest BCUT2D eigenvalue weighted by Gasteiger charge is -2.18. The third kappa shape index (κ3) is 1.97. The van der Waals surface area contributed by atoms with E-state index in [1.54, 1.807) is 13.2 Å². The van der Waals surface area contributed by atoms with Gasteiger partial charge in [-0.1, -0.05) is 25.4 Å². The van der Waals surface area contributed by atoms with E-state index >= 15 is 0 Å². The summed E-state index contributed by atoms with van der Waals surface area (Å²) in [5, 5.41) is 9.90. The maximum Gasteiger partial charge on any atom is 0.314 e. The van der Waals surface area contributed by atoms with Crippen LogP contribution < -0.4 is 4.74 Å². The molecule has 0 radical (unpaired) electrons. The average Bonchev–Trinajstić information content (AvgIpc) is 3.08. The van der Waals surface area contributed by atoms with Gasteiger partial charge in [0.1, 0.15) is 5.75 Å². The first-order valence-electron chi connectivity index (χ1n) is 6.03. The summed E-state index contributed by atoms with van der Waals surface area (Å²) < 4.78 is 5.35. The van der Waals surface area contributed by atoms with Gasteiger partial charge in [-0.2, -0.15) is 0 Å². The molecule has 1 aromatic carbocycles. The second-order valence-corrected chi connectivity index (χ2v) is 5.52. The van der Waals surface area contributed by atoms with Crippen LogP contribution in [0.4, 0.5) is 0 Å². The third-order valence-corrected chi connectivity index (χ3v) is 3.91. The molecule has 3 nitrogen and oxygen atoms in total. The summed E-state index contributed by atoms with van der Waals surface area (Å²) in [6, 6.07) is 3.60. The van der Waals surface area contributed by atoms with E-state index in [-0.39, 0.29) is 5.92 Å². The van der Waals surface area contributed by atoms with Crippen LogP contribution in [0.1, 0.15) is 43.7 Å². The van der Waals surface area contributed by atoms with Crippen molar-refractivity contribution in [3.63, 3.8) is 0 Å². The highest BCUT2D eigenvalue weighted by Crippen LogP contribution is 2.51. The van der Waals surface area contributed by atoms with Crippen molar-refractivity contribution >= 4 is 17.6 Å². The van der Waals surface area contributed by atoms with Crippen LogP contribution in [-0.2, 0) is 10.2 Å². The van der Waals surface area contributed by atoms with Crippen molar-refractivity contribution in [1.29, 1.82) is 0 Å². The fourth-order valence-corrected chi connectivity index (χ4v) is 2.78. The predicted octanol–water partition coefficient (Wildman–Crippen LogP) is 3.59. The Kier molecular flexibility index (Phi) is 3.28. The van der Waals surface area contributed by atoms with Crippen molar-refractivity contribution in [2.45, 2.75) is 38.0 Å². The van der Waals surface area contributed by atoms with Crippen LogP contribution in [0.25, 0.3) is 0 Å². The highest BCUT2D eigenvalue weighted by Gasteiger charge is 2.52. The minimum Gasteiger partial charge on any atom is -0.496 e. The third-order valence-electron chi connectivity index (χ3n) is 3.60. The number of methoxy groups -OCH3 is 1. The average molecular weight is 269 g/mol. The smallest absolute Gasteiger partial charge is 0.314 e. The molecule has 1 aliphatic carbocycles. The van der Waals surface area contributed by atoms with Crippen LogP contribution in [0, 0.1) is 0 Å². The zero-order valence-electron chi connectivity index (χ0n) is 10.8. The van der Waals surface area contributed by atoms with Crippen molar-refractivity contribution < 1.29 is 14.6 Å². The second kappa shape index (κ2) is 4.47. The van der Waals surface area contributed by atoms with Crippen molar-refractivity contribution in [3.8, 4) is 5.75 Å². The Morgan fingerprint density at radius 1 is 1.44 bits per heavy atom. The van der Waals surface area contributed by atoms with E-state index in [1.165, 1.54) is 0 Å². The van der Waals surface area contributed by atoms with Crippen LogP contribution in [-0.4, -0.2) is 18.2 Å². The summed E-state index contributed by atoms with van der Waals surface area (Å²) in [5.41, 5.74) is 0.942. The number of aliphatic carboxylic acids is 1. The normalized spacial score (nSPS) is 16.7. The lowest BCUT2D eigenvalue weighted by atomic mass is 9.92. The van der Waals surface area contributed by atoms with Crippen LogP contribution in [0.5, 0.6) is 5.75 Å². The van der Waals surface area contributed by atoms with Gasteiger partial charge in [-0.25, -0.2) is 0 Å². The van der Waals surface area contributed by atoms with Gasteiger partial charge >= 0.3 is 5.97 Å². The van der Waals surface area contributed by atoms with Gasteiger partial charge in [0.2, 0.25) is 0 Å². The molecule has 0 spiro atoms. The van der Waals surface area contributed by atoms with E-state index in [0.29, 0.717) is 23.6 Å². The van der Waals surface area contributed by atoms with E-state index in [9.17, 15) is 9.90 Å². The maximum atomic E-state index is 11.3. The number of halogens is 1. The van der Waals surface area contributed by atoms with Crippen molar-refractivity contribution in [2.75, 3.05) is 7.11 Å². The lowest BCUT2D eigenvalue weighted by molar-refractivity contribution is -0.140. The molecule has 0 bridgehead atoms. The highest BCUT2D eigenvalue weighted by molar-refractivity contribution is 6.31. The Morgan fingerprint density at radius 2 is 2.06 bits per heavy atom. The van der Waals surface area contributed by atoms with Crippen LogP contribution >= 0.6 is 11.6 Å². The number of hydrogen-bond acceptors (Lipinski definition) is 2. The molecule has 1 N–H and O–H groups in total. The first-order valence-corrected chi connectivity index (χ1v) is 6.41. The lowest BCUT2D eigenvalue weighted by Crippen LogP contribution is -2.19. The molecule has 0 atom stereocenters. The van der Waals surface area contributed by atoms with Crippen LogP contribution in [0.2, 0.25) is 5.02 Å². The molecular formula is C14H17ClO3. The SMILES string of the molecule is COc1cc(C2(C(=O)O)CC2)cc(Cl)c1C(C)C. The molecular weight excluding hydrogens is 252 g/mol. The summed E-state index contributed by atoms with van der Waals surface area (Å²) in [6.07, 6.45) is 1.34. The Bertz CT molecular complexity index is 490. The highest BCUT2D eigenvalue weighted by atomic mass is 35.5. The van der Waals surface area contributed by atoms with Gasteiger partial charge in [0.05, 0.1) is 12.5 Å². The zero-order valence-corrected chi connectivity index (χ0v) is 11.5. The fraction of sp³-hybridized carbons (Fsp3) is 0.500. The molecule has 0 unspecified atom stereocenters. The summed E-state index contributed by atoms with van der Waals surface area (Å²) in [6.45, 7) is 4.07. The van der Waals surface area contributed by atoms with Gasteiger partial charge in [-0.05, 0) is 36.5 Å². The predicted molar refractivity (Wildman–Crippen MR) is 70.6 cm³/mol. The Labute approximate surface area is 112 Å². The first-order chi connectivity index (χ1) is 8.42. The van der Waals surface area contributed by atoms with E-state index < -0.39 is 11.4 Å². The van der Waals surface area contributed by atoms with Gasteiger partial charge in [0, 0.05) is 10.6 Å². The number of carboxylic acid groups (broad SMARTS) is 1. The molecule has 0 aromatic heterocycles. The van der Waals surface area contributed by atoms with Crippen LogP contribution in [0.15, 0.2) is 12.1 Å². The Hall–Kier alpha value is -1.22. The summed E-state index contributed by atoms with van der Waals surface area (Å²) in [7, 11) is 1.58. The van der Waals surface area contributed by atoms with E-state index in [2.05, 4.69) is 0 Å². The number of hydrogen-bond donors (Lipinski definition) is 1. The second-order valence-electron chi connectivity index (χ2n) is 5.12. The van der Waals surface area contributed by atoms with Gasteiger partial charge in [0.25, 0.3) is 0 Å². The summed E-state index contributed by atoms with van der Waals surface area (Å²) in [4.78, 5) is 11.3. The quantitative estimate of drug-likeness (QED) is 0.908. The molecule has 0 heterocycles. The summed E-state index contributed by atoms with van der Waals surface area (Å²) >= 11 is 6.27. The number of carboxylic acids is 1. The molecule has 1 aliphatic rings. The molecule has 2 rings (SSSR count). The van der Waals surface area contributed by atoms with Gasteiger partial charge < -0.3 is 9.84 Å². The van der Waals surface area contributed by atoms with Crippen molar-refractivity contribution in [3.05, 3.63) is 28.3 Å². The molecule has 4 heteroatoms. The molecule has 1 fully saturated rings. The fourth-order valence-electron chi connectivity index (χ4n) is 2.35. The van der Waals surface area contributed by atoms with E-state index in [0.717, 1.165) is 11.1 Å². The minimum atomic E-state index is -0.780. The maximum absolute atomic E-state index is 11.3. The number of ether oxygens (including phenoxy) is 1. The minimum absolute atomic E-state index is 0.237. The molecule has 0 amide bonds. The molecule has 1 aromatic rings. The Morgan fingerprint density at radius 3 is 2.44 bits per heavy atom. The monoisotopic (exact) mass is 268 g/mol. The topological polar surface area (TPSA) is 46.5 Å². The number of benzene rings is 1. The standard InChI is InChI=1S/C14H17ClO3/c1-8(2)12-10(15)6-9(7-11(12)18-3)14(4-5-14)13(16)17/h6-8H,4-5H2,1-3H3,(H,16,17). The molecule has 0 aliphatic heterocycles. The van der Waals surface area contributed by atoms with Crippen molar-refractivity contribution in [2.24, 2.45) is 0 Å². The van der Waals surface area contributed by atoms with Gasteiger partial charge in [-0.3, -0.25) is 4.79 Å². The van der Waals surface area contributed by atoms with E-state index in [4.69, 9.17) is 16.3 Å². The summed E-state index contributed by atoms with van der Waals surface area (Å²) in [5.74, 6) is 0.138. The van der Waals surface area contributed by atoms with E-state index in [1.807, 2.05) is 19.9 Å². The molecule has 18 heavy (non-hydrogen) atoms. The molecule has 0 saturated heterocycles. The largest absolute Gasteiger partial charge is 0.496 e.